The summed E-state index contributed by atoms with van der Waals surface area (Å²) in [5, 5.41) is 0. The minimum atomic E-state index is -0.470. The maximum atomic E-state index is 13.3. The van der Waals surface area contributed by atoms with Gasteiger partial charge in [0.1, 0.15) is 5.82 Å². The normalized spacial score (nSPS) is 24.3. The van der Waals surface area contributed by atoms with Crippen LogP contribution in [0.4, 0.5) is 4.39 Å². The van der Waals surface area contributed by atoms with Gasteiger partial charge in [-0.3, -0.25) is 0 Å². The molecular weight excluding hydrogens is 217 g/mol. The molecule has 1 aromatic carbocycles. The van der Waals surface area contributed by atoms with E-state index >= 15 is 0 Å². The van der Waals surface area contributed by atoms with Crippen LogP contribution in [0.25, 0.3) is 0 Å². The molecule has 0 aliphatic carbocycles. The van der Waals surface area contributed by atoms with Crippen molar-refractivity contribution >= 4 is 0 Å². The molecule has 0 radical (unpaired) electrons. The number of benzene rings is 1. The van der Waals surface area contributed by atoms with Crippen molar-refractivity contribution in [3.05, 3.63) is 35.6 Å². The number of halogens is 1. The van der Waals surface area contributed by atoms with Crippen LogP contribution in [0.1, 0.15) is 31.7 Å². The molecular formula is C14H20FNO. The van der Waals surface area contributed by atoms with E-state index in [0.29, 0.717) is 6.61 Å². The van der Waals surface area contributed by atoms with Gasteiger partial charge in [-0.05, 0) is 37.0 Å². The Kier molecular flexibility index (Phi) is 3.79. The maximum absolute atomic E-state index is 13.3. The summed E-state index contributed by atoms with van der Waals surface area (Å²) in [7, 11) is 0. The molecule has 0 amide bonds. The highest BCUT2D eigenvalue weighted by atomic mass is 19.1. The summed E-state index contributed by atoms with van der Waals surface area (Å²) in [6, 6.07) is 6.65. The average Bonchev–Trinajstić information content (AvgIpc) is 2.39. The van der Waals surface area contributed by atoms with Crippen LogP contribution in [0.15, 0.2) is 24.3 Å². The van der Waals surface area contributed by atoms with E-state index in [1.807, 2.05) is 6.07 Å². The highest BCUT2D eigenvalue weighted by Crippen LogP contribution is 2.35. The van der Waals surface area contributed by atoms with Crippen LogP contribution in [-0.2, 0) is 10.3 Å². The lowest BCUT2D eigenvalue weighted by Crippen LogP contribution is -2.47. The van der Waals surface area contributed by atoms with Gasteiger partial charge in [0.15, 0.2) is 0 Å². The molecule has 0 spiro atoms. The smallest absolute Gasteiger partial charge is 0.123 e. The Morgan fingerprint density at radius 2 is 2.35 bits per heavy atom. The van der Waals surface area contributed by atoms with E-state index in [1.54, 1.807) is 12.1 Å². The van der Waals surface area contributed by atoms with Gasteiger partial charge in [0.25, 0.3) is 0 Å². The zero-order valence-electron chi connectivity index (χ0n) is 10.3. The van der Waals surface area contributed by atoms with E-state index in [0.717, 1.165) is 31.4 Å². The van der Waals surface area contributed by atoms with Crippen LogP contribution in [0.3, 0.4) is 0 Å². The molecule has 2 nitrogen and oxygen atoms in total. The Labute approximate surface area is 102 Å². The topological polar surface area (TPSA) is 35.2 Å². The lowest BCUT2D eigenvalue weighted by molar-refractivity contribution is 0.0186. The first-order chi connectivity index (χ1) is 8.16. The Hall–Kier alpha value is -0.930. The van der Waals surface area contributed by atoms with Crippen molar-refractivity contribution in [3.8, 4) is 0 Å². The summed E-state index contributed by atoms with van der Waals surface area (Å²) in [5.41, 5.74) is 6.93. The van der Waals surface area contributed by atoms with E-state index in [4.69, 9.17) is 10.5 Å². The fourth-order valence-corrected chi connectivity index (χ4v) is 2.65. The van der Waals surface area contributed by atoms with Crippen LogP contribution in [0.2, 0.25) is 0 Å². The van der Waals surface area contributed by atoms with Gasteiger partial charge in [0.05, 0.1) is 6.61 Å². The molecule has 1 fully saturated rings. The minimum absolute atomic E-state index is 0.220. The molecule has 1 saturated heterocycles. The zero-order chi connectivity index (χ0) is 12.3. The molecule has 1 aromatic rings. The standard InChI is InChI=1S/C14H20FNO/c1-2-14(16,12-6-4-8-17-10-12)11-5-3-7-13(15)9-11/h3,5,7,9,12H,2,4,6,8,10,16H2,1H3. The van der Waals surface area contributed by atoms with E-state index in [-0.39, 0.29) is 11.7 Å². The summed E-state index contributed by atoms with van der Waals surface area (Å²) in [5.74, 6) is 0.0607. The Morgan fingerprint density at radius 1 is 1.53 bits per heavy atom. The second-order valence-corrected chi connectivity index (χ2v) is 4.82. The first kappa shape index (κ1) is 12.5. The van der Waals surface area contributed by atoms with E-state index in [1.165, 1.54) is 6.07 Å². The third-order valence-corrected chi connectivity index (χ3v) is 3.84. The van der Waals surface area contributed by atoms with E-state index in [9.17, 15) is 4.39 Å². The molecule has 1 aliphatic rings. The third kappa shape index (κ3) is 2.50. The lowest BCUT2D eigenvalue weighted by Gasteiger charge is -2.39. The van der Waals surface area contributed by atoms with Gasteiger partial charge in [0.2, 0.25) is 0 Å². The summed E-state index contributed by atoms with van der Waals surface area (Å²) in [4.78, 5) is 0. The monoisotopic (exact) mass is 237 g/mol. The molecule has 94 valence electrons. The number of nitrogens with two attached hydrogens (primary N) is 1. The first-order valence-corrected chi connectivity index (χ1v) is 6.29. The fraction of sp³-hybridized carbons (Fsp3) is 0.571. The summed E-state index contributed by atoms with van der Waals surface area (Å²) < 4.78 is 18.8. The van der Waals surface area contributed by atoms with Gasteiger partial charge in [-0.2, -0.15) is 0 Å². The Bertz CT molecular complexity index is 376. The van der Waals surface area contributed by atoms with Crippen molar-refractivity contribution in [2.24, 2.45) is 11.7 Å². The van der Waals surface area contributed by atoms with Crippen LogP contribution >= 0.6 is 0 Å². The molecule has 3 heteroatoms. The Balaban J connectivity index is 2.29. The van der Waals surface area contributed by atoms with Gasteiger partial charge in [0, 0.05) is 18.1 Å². The van der Waals surface area contributed by atoms with Crippen molar-refractivity contribution in [3.63, 3.8) is 0 Å². The molecule has 0 bridgehead atoms. The zero-order valence-corrected chi connectivity index (χ0v) is 10.3. The number of ether oxygens (including phenoxy) is 1. The number of hydrogen-bond donors (Lipinski definition) is 1. The van der Waals surface area contributed by atoms with Gasteiger partial charge in [-0.15, -0.1) is 0 Å². The summed E-state index contributed by atoms with van der Waals surface area (Å²) in [6.45, 7) is 3.56. The molecule has 2 atom stereocenters. The second kappa shape index (κ2) is 5.15. The first-order valence-electron chi connectivity index (χ1n) is 6.29. The predicted molar refractivity (Wildman–Crippen MR) is 66.1 cm³/mol. The SMILES string of the molecule is CCC(N)(c1cccc(F)c1)C1CCCOC1. The largest absolute Gasteiger partial charge is 0.381 e. The van der Waals surface area contributed by atoms with Crippen LogP contribution < -0.4 is 5.73 Å². The molecule has 0 aromatic heterocycles. The van der Waals surface area contributed by atoms with Crippen molar-refractivity contribution in [2.75, 3.05) is 13.2 Å². The lowest BCUT2D eigenvalue weighted by atomic mass is 9.74. The quantitative estimate of drug-likeness (QED) is 0.877. The van der Waals surface area contributed by atoms with Crippen molar-refractivity contribution in [1.29, 1.82) is 0 Å². The van der Waals surface area contributed by atoms with Crippen molar-refractivity contribution in [2.45, 2.75) is 31.7 Å². The van der Waals surface area contributed by atoms with E-state index in [2.05, 4.69) is 6.92 Å². The molecule has 1 heterocycles. The molecule has 1 aliphatic heterocycles. The molecule has 2 rings (SSSR count). The average molecular weight is 237 g/mol. The van der Waals surface area contributed by atoms with Gasteiger partial charge < -0.3 is 10.5 Å². The Morgan fingerprint density at radius 3 is 2.94 bits per heavy atom. The van der Waals surface area contributed by atoms with Crippen LogP contribution in [0, 0.1) is 11.7 Å². The summed E-state index contributed by atoms with van der Waals surface area (Å²) >= 11 is 0. The fourth-order valence-electron chi connectivity index (χ4n) is 2.65. The molecule has 2 N–H and O–H groups in total. The highest BCUT2D eigenvalue weighted by Gasteiger charge is 2.36. The minimum Gasteiger partial charge on any atom is -0.381 e. The van der Waals surface area contributed by atoms with Crippen LogP contribution in [0.5, 0.6) is 0 Å². The highest BCUT2D eigenvalue weighted by molar-refractivity contribution is 5.26. The van der Waals surface area contributed by atoms with Crippen LogP contribution in [-0.4, -0.2) is 13.2 Å². The van der Waals surface area contributed by atoms with Gasteiger partial charge in [-0.25, -0.2) is 4.39 Å². The third-order valence-electron chi connectivity index (χ3n) is 3.84. The van der Waals surface area contributed by atoms with Gasteiger partial charge in [-0.1, -0.05) is 19.1 Å². The number of hydrogen-bond acceptors (Lipinski definition) is 2. The van der Waals surface area contributed by atoms with E-state index < -0.39 is 5.54 Å². The molecule has 2 unspecified atom stereocenters. The summed E-state index contributed by atoms with van der Waals surface area (Å²) in [6.07, 6.45) is 2.89. The van der Waals surface area contributed by atoms with Crippen molar-refractivity contribution < 1.29 is 9.13 Å². The second-order valence-electron chi connectivity index (χ2n) is 4.82. The maximum Gasteiger partial charge on any atom is 0.123 e. The molecule has 17 heavy (non-hydrogen) atoms. The van der Waals surface area contributed by atoms with Gasteiger partial charge >= 0.3 is 0 Å². The number of rotatable bonds is 3. The molecule has 0 saturated carbocycles. The van der Waals surface area contributed by atoms with Crippen molar-refractivity contribution in [1.82, 2.24) is 0 Å². The predicted octanol–water partition coefficient (Wildman–Crippen LogP) is 2.82.